The van der Waals surface area contributed by atoms with Gasteiger partial charge in [-0.2, -0.15) is 0 Å². The van der Waals surface area contributed by atoms with Crippen LogP contribution in [0.25, 0.3) is 0 Å². The van der Waals surface area contributed by atoms with Crippen LogP contribution in [0.1, 0.15) is 116 Å². The summed E-state index contributed by atoms with van der Waals surface area (Å²) in [5, 5.41) is 7.05. The van der Waals surface area contributed by atoms with Gasteiger partial charge in [-0.05, 0) is 58.4 Å². The average Bonchev–Trinajstić information content (AvgIpc) is 2.66. The van der Waals surface area contributed by atoms with E-state index in [4.69, 9.17) is 5.73 Å². The first-order chi connectivity index (χ1) is 12.9. The zero-order valence-electron chi connectivity index (χ0n) is 18.1. The van der Waals surface area contributed by atoms with E-state index in [1.807, 2.05) is 0 Å². The first-order valence-corrected chi connectivity index (χ1v) is 12.0. The molecule has 0 radical (unpaired) electrons. The van der Waals surface area contributed by atoms with Crippen LogP contribution in [0.2, 0.25) is 0 Å². The highest BCUT2D eigenvalue weighted by molar-refractivity contribution is 4.54. The Morgan fingerprint density at radius 3 is 1.19 bits per heavy atom. The monoisotopic (exact) mass is 369 g/mol. The maximum Gasteiger partial charge on any atom is -0.00368 e. The van der Waals surface area contributed by atoms with E-state index >= 15 is 0 Å². The summed E-state index contributed by atoms with van der Waals surface area (Å²) < 4.78 is 0. The fourth-order valence-corrected chi connectivity index (χ4v) is 3.43. The van der Waals surface area contributed by atoms with Crippen molar-refractivity contribution in [1.29, 1.82) is 0 Å². The molecule has 158 valence electrons. The highest BCUT2D eigenvalue weighted by Gasteiger charge is 1.94. The van der Waals surface area contributed by atoms with Gasteiger partial charge in [-0.25, -0.2) is 0 Å². The van der Waals surface area contributed by atoms with Crippen LogP contribution in [0.3, 0.4) is 0 Å². The molecule has 26 heavy (non-hydrogen) atoms. The van der Waals surface area contributed by atoms with Crippen molar-refractivity contribution in [2.24, 2.45) is 5.73 Å². The smallest absolute Gasteiger partial charge is 0.00368 e. The van der Waals surface area contributed by atoms with Crippen molar-refractivity contribution < 1.29 is 0 Å². The van der Waals surface area contributed by atoms with Crippen LogP contribution in [0, 0.1) is 0 Å². The van der Waals surface area contributed by atoms with E-state index in [1.54, 1.807) is 0 Å². The zero-order chi connectivity index (χ0) is 19.0. The van der Waals surface area contributed by atoms with Crippen LogP contribution in [-0.4, -0.2) is 32.7 Å². The van der Waals surface area contributed by atoms with E-state index < -0.39 is 0 Å². The SMILES string of the molecule is CCCCCCCCCCCCCCCCNCCCNCCCCN. The Balaban J connectivity index is 2.95. The molecule has 0 aliphatic rings. The van der Waals surface area contributed by atoms with Gasteiger partial charge in [0, 0.05) is 0 Å². The molecule has 0 amide bonds. The second-order valence-electron chi connectivity index (χ2n) is 7.95. The molecule has 0 bridgehead atoms. The molecule has 0 unspecified atom stereocenters. The Labute approximate surface area is 165 Å². The lowest BCUT2D eigenvalue weighted by Crippen LogP contribution is -2.23. The van der Waals surface area contributed by atoms with Crippen LogP contribution in [0.4, 0.5) is 0 Å². The summed E-state index contributed by atoms with van der Waals surface area (Å²) in [4.78, 5) is 0. The van der Waals surface area contributed by atoms with Crippen molar-refractivity contribution in [2.45, 2.75) is 116 Å². The summed E-state index contributed by atoms with van der Waals surface area (Å²) in [7, 11) is 0. The second-order valence-corrected chi connectivity index (χ2v) is 7.95. The summed E-state index contributed by atoms with van der Waals surface area (Å²) in [5.74, 6) is 0. The standard InChI is InChI=1S/C23H51N3/c1-2-3-4-5-6-7-8-9-10-11-12-13-14-16-20-25-22-18-23-26-21-17-15-19-24/h25-26H,2-24H2,1H3. The Morgan fingerprint density at radius 2 is 0.769 bits per heavy atom. The summed E-state index contributed by atoms with van der Waals surface area (Å²) in [6, 6.07) is 0. The molecule has 0 rings (SSSR count). The van der Waals surface area contributed by atoms with E-state index in [0.717, 1.165) is 32.6 Å². The summed E-state index contributed by atoms with van der Waals surface area (Å²) >= 11 is 0. The van der Waals surface area contributed by atoms with Gasteiger partial charge in [-0.3, -0.25) is 0 Å². The normalized spacial score (nSPS) is 11.3. The van der Waals surface area contributed by atoms with Crippen molar-refractivity contribution in [3.05, 3.63) is 0 Å². The predicted molar refractivity (Wildman–Crippen MR) is 119 cm³/mol. The summed E-state index contributed by atoms with van der Waals surface area (Å²) in [5.41, 5.74) is 5.48. The lowest BCUT2D eigenvalue weighted by molar-refractivity contribution is 0.525. The fraction of sp³-hybridized carbons (Fsp3) is 1.00. The van der Waals surface area contributed by atoms with E-state index in [9.17, 15) is 0 Å². The Bertz CT molecular complexity index is 209. The van der Waals surface area contributed by atoms with E-state index in [1.165, 1.54) is 109 Å². The molecule has 0 aliphatic carbocycles. The minimum Gasteiger partial charge on any atom is -0.330 e. The quantitative estimate of drug-likeness (QED) is 0.200. The van der Waals surface area contributed by atoms with Gasteiger partial charge in [-0.1, -0.05) is 90.4 Å². The molecule has 0 aromatic rings. The van der Waals surface area contributed by atoms with Gasteiger partial charge < -0.3 is 16.4 Å². The molecule has 0 aliphatic heterocycles. The van der Waals surface area contributed by atoms with Gasteiger partial charge in [0.2, 0.25) is 0 Å². The first kappa shape index (κ1) is 25.9. The van der Waals surface area contributed by atoms with Crippen LogP contribution in [-0.2, 0) is 0 Å². The van der Waals surface area contributed by atoms with Gasteiger partial charge >= 0.3 is 0 Å². The minimum absolute atomic E-state index is 0.822. The van der Waals surface area contributed by atoms with Crippen molar-refractivity contribution >= 4 is 0 Å². The van der Waals surface area contributed by atoms with Gasteiger partial charge in [0.25, 0.3) is 0 Å². The third-order valence-electron chi connectivity index (χ3n) is 5.22. The lowest BCUT2D eigenvalue weighted by atomic mass is 10.0. The average molecular weight is 370 g/mol. The molecule has 0 spiro atoms. The van der Waals surface area contributed by atoms with Gasteiger partial charge in [-0.15, -0.1) is 0 Å². The molecular weight excluding hydrogens is 318 g/mol. The molecule has 0 atom stereocenters. The molecular formula is C23H51N3. The highest BCUT2D eigenvalue weighted by Crippen LogP contribution is 2.12. The Hall–Kier alpha value is -0.120. The van der Waals surface area contributed by atoms with E-state index in [2.05, 4.69) is 17.6 Å². The molecule has 3 heteroatoms. The highest BCUT2D eigenvalue weighted by atomic mass is 14.9. The first-order valence-electron chi connectivity index (χ1n) is 12.0. The third kappa shape index (κ3) is 23.9. The number of hydrogen-bond donors (Lipinski definition) is 3. The third-order valence-corrected chi connectivity index (χ3v) is 5.22. The maximum atomic E-state index is 5.48. The van der Waals surface area contributed by atoms with Gasteiger partial charge in [0.15, 0.2) is 0 Å². The molecule has 0 saturated carbocycles. The largest absolute Gasteiger partial charge is 0.330 e. The number of nitrogens with two attached hydrogens (primary N) is 1. The summed E-state index contributed by atoms with van der Waals surface area (Å²) in [6.07, 6.45) is 23.7. The van der Waals surface area contributed by atoms with E-state index in [0.29, 0.717) is 0 Å². The van der Waals surface area contributed by atoms with Crippen molar-refractivity contribution in [3.8, 4) is 0 Å². The minimum atomic E-state index is 0.822. The summed E-state index contributed by atoms with van der Waals surface area (Å²) in [6.45, 7) is 7.73. The zero-order valence-corrected chi connectivity index (χ0v) is 18.1. The number of rotatable bonds is 23. The lowest BCUT2D eigenvalue weighted by Gasteiger charge is -2.06. The molecule has 0 aromatic carbocycles. The topological polar surface area (TPSA) is 50.1 Å². The van der Waals surface area contributed by atoms with Crippen molar-refractivity contribution in [3.63, 3.8) is 0 Å². The van der Waals surface area contributed by atoms with Crippen LogP contribution in [0.5, 0.6) is 0 Å². The van der Waals surface area contributed by atoms with Crippen LogP contribution >= 0.6 is 0 Å². The maximum absolute atomic E-state index is 5.48. The number of hydrogen-bond acceptors (Lipinski definition) is 3. The van der Waals surface area contributed by atoms with Gasteiger partial charge in [0.05, 0.1) is 0 Å². The second kappa shape index (κ2) is 24.9. The molecule has 0 saturated heterocycles. The van der Waals surface area contributed by atoms with Crippen molar-refractivity contribution in [2.75, 3.05) is 32.7 Å². The Morgan fingerprint density at radius 1 is 0.423 bits per heavy atom. The van der Waals surface area contributed by atoms with Crippen LogP contribution in [0.15, 0.2) is 0 Å². The number of unbranched alkanes of at least 4 members (excludes halogenated alkanes) is 14. The molecule has 0 fully saturated rings. The molecule has 3 nitrogen and oxygen atoms in total. The van der Waals surface area contributed by atoms with E-state index in [-0.39, 0.29) is 0 Å². The Kier molecular flexibility index (Phi) is 24.8. The molecule has 0 heterocycles. The number of nitrogens with one attached hydrogen (secondary N) is 2. The molecule has 0 aromatic heterocycles. The predicted octanol–water partition coefficient (Wildman–Crippen LogP) is 5.78. The van der Waals surface area contributed by atoms with Gasteiger partial charge in [0.1, 0.15) is 0 Å². The fourth-order valence-electron chi connectivity index (χ4n) is 3.43. The molecule has 4 N–H and O–H groups in total. The van der Waals surface area contributed by atoms with Crippen LogP contribution < -0.4 is 16.4 Å². The van der Waals surface area contributed by atoms with Crippen molar-refractivity contribution in [1.82, 2.24) is 10.6 Å².